The lowest BCUT2D eigenvalue weighted by atomic mass is 9.70. The maximum absolute atomic E-state index is 10.6. The van der Waals surface area contributed by atoms with E-state index in [4.69, 9.17) is 10.8 Å². The number of hydrogen-bond donors (Lipinski definition) is 2. The summed E-state index contributed by atoms with van der Waals surface area (Å²) < 4.78 is 0. The van der Waals surface area contributed by atoms with Crippen LogP contribution >= 0.6 is 0 Å². The lowest BCUT2D eigenvalue weighted by Crippen LogP contribution is -2.31. The van der Waals surface area contributed by atoms with Crippen LogP contribution in [0.15, 0.2) is 0 Å². The van der Waals surface area contributed by atoms with Crippen LogP contribution in [-0.2, 0) is 4.79 Å². The molecule has 0 amide bonds. The zero-order valence-corrected chi connectivity index (χ0v) is 7.78. The first-order valence-electron chi connectivity index (χ1n) is 5.14. The van der Waals surface area contributed by atoms with Crippen molar-refractivity contribution in [1.29, 1.82) is 0 Å². The molecule has 0 bridgehead atoms. The number of fused-ring (bicyclic) bond motifs is 1. The van der Waals surface area contributed by atoms with Crippen molar-refractivity contribution in [3.63, 3.8) is 0 Å². The molecule has 2 aliphatic rings. The first-order chi connectivity index (χ1) is 6.22. The summed E-state index contributed by atoms with van der Waals surface area (Å²) in [6.07, 6.45) is 3.93. The molecule has 4 unspecified atom stereocenters. The highest BCUT2D eigenvalue weighted by Crippen LogP contribution is 2.54. The Morgan fingerprint density at radius 3 is 2.31 bits per heavy atom. The summed E-state index contributed by atoms with van der Waals surface area (Å²) in [6.45, 7) is 0.747. The second kappa shape index (κ2) is 3.29. The van der Waals surface area contributed by atoms with Crippen LogP contribution in [0.5, 0.6) is 0 Å². The summed E-state index contributed by atoms with van der Waals surface area (Å²) in [6, 6.07) is 0. The minimum absolute atomic E-state index is 0.359. The van der Waals surface area contributed by atoms with Crippen molar-refractivity contribution >= 4 is 5.97 Å². The van der Waals surface area contributed by atoms with Gasteiger partial charge in [-0.2, -0.15) is 0 Å². The van der Waals surface area contributed by atoms with Gasteiger partial charge in [0.2, 0.25) is 0 Å². The summed E-state index contributed by atoms with van der Waals surface area (Å²) in [5, 5.41) is 8.73. The van der Waals surface area contributed by atoms with E-state index in [1.165, 1.54) is 12.8 Å². The van der Waals surface area contributed by atoms with Crippen LogP contribution in [-0.4, -0.2) is 17.6 Å². The standard InChI is InChI=1S/C10H17NO2/c11-5-7-3-6(4-10(12)13)8-1-2-9(7)8/h6-9H,1-5,11H2,(H,12,13). The minimum Gasteiger partial charge on any atom is -0.481 e. The zero-order valence-electron chi connectivity index (χ0n) is 7.78. The van der Waals surface area contributed by atoms with Gasteiger partial charge in [-0.1, -0.05) is 0 Å². The van der Waals surface area contributed by atoms with Crippen LogP contribution in [0.4, 0.5) is 0 Å². The summed E-state index contributed by atoms with van der Waals surface area (Å²) in [5.74, 6) is 1.83. The van der Waals surface area contributed by atoms with Gasteiger partial charge in [0, 0.05) is 6.42 Å². The molecule has 2 saturated carbocycles. The van der Waals surface area contributed by atoms with Crippen LogP contribution in [0.25, 0.3) is 0 Å². The van der Waals surface area contributed by atoms with Gasteiger partial charge in [-0.3, -0.25) is 4.79 Å². The SMILES string of the molecule is NCC1CC(CC(=O)O)C2CCC12. The highest BCUT2D eigenvalue weighted by atomic mass is 16.4. The van der Waals surface area contributed by atoms with Gasteiger partial charge >= 0.3 is 5.97 Å². The molecule has 2 fully saturated rings. The van der Waals surface area contributed by atoms with Crippen molar-refractivity contribution in [3.8, 4) is 0 Å². The Labute approximate surface area is 78.3 Å². The van der Waals surface area contributed by atoms with Crippen LogP contribution in [0.1, 0.15) is 25.7 Å². The van der Waals surface area contributed by atoms with Gasteiger partial charge in [0.05, 0.1) is 0 Å². The van der Waals surface area contributed by atoms with Gasteiger partial charge < -0.3 is 10.8 Å². The van der Waals surface area contributed by atoms with Crippen LogP contribution in [0.2, 0.25) is 0 Å². The molecule has 0 saturated heterocycles. The number of rotatable bonds is 3. The van der Waals surface area contributed by atoms with Gasteiger partial charge in [-0.15, -0.1) is 0 Å². The predicted octanol–water partition coefficient (Wildman–Crippen LogP) is 1.08. The first-order valence-corrected chi connectivity index (χ1v) is 5.14. The molecule has 2 aliphatic carbocycles. The monoisotopic (exact) mass is 183 g/mol. The number of carboxylic acids is 1. The smallest absolute Gasteiger partial charge is 0.303 e. The Balaban J connectivity index is 1.96. The molecule has 0 spiro atoms. The van der Waals surface area contributed by atoms with Crippen molar-refractivity contribution < 1.29 is 9.90 Å². The highest BCUT2D eigenvalue weighted by Gasteiger charge is 2.47. The molecule has 3 heteroatoms. The van der Waals surface area contributed by atoms with Gasteiger partial charge in [-0.05, 0) is 49.5 Å². The third-order valence-corrected chi connectivity index (χ3v) is 3.94. The summed E-state index contributed by atoms with van der Waals surface area (Å²) in [4.78, 5) is 10.6. The fourth-order valence-electron chi connectivity index (χ4n) is 3.19. The topological polar surface area (TPSA) is 63.3 Å². The van der Waals surface area contributed by atoms with Crippen LogP contribution < -0.4 is 5.73 Å². The lowest BCUT2D eigenvalue weighted by Gasteiger charge is -2.36. The van der Waals surface area contributed by atoms with E-state index in [0.717, 1.165) is 18.9 Å². The van der Waals surface area contributed by atoms with E-state index in [0.29, 0.717) is 24.2 Å². The Bertz CT molecular complexity index is 215. The highest BCUT2D eigenvalue weighted by molar-refractivity contribution is 5.67. The summed E-state index contributed by atoms with van der Waals surface area (Å²) >= 11 is 0. The van der Waals surface area contributed by atoms with Crippen molar-refractivity contribution in [2.24, 2.45) is 29.4 Å². The van der Waals surface area contributed by atoms with Gasteiger partial charge in [0.1, 0.15) is 0 Å². The second-order valence-electron chi connectivity index (χ2n) is 4.49. The average Bonchev–Trinajstić information content (AvgIpc) is 2.20. The molecule has 0 aromatic heterocycles. The molecular weight excluding hydrogens is 166 g/mol. The molecule has 0 aliphatic heterocycles. The lowest BCUT2D eigenvalue weighted by molar-refractivity contribution is -0.138. The normalized spacial score (nSPS) is 42.5. The number of carbonyl (C=O) groups is 1. The van der Waals surface area contributed by atoms with E-state index < -0.39 is 5.97 Å². The third-order valence-electron chi connectivity index (χ3n) is 3.94. The summed E-state index contributed by atoms with van der Waals surface area (Å²) in [7, 11) is 0. The first kappa shape index (κ1) is 9.00. The molecule has 3 N–H and O–H groups in total. The second-order valence-corrected chi connectivity index (χ2v) is 4.49. The number of hydrogen-bond acceptors (Lipinski definition) is 2. The van der Waals surface area contributed by atoms with E-state index >= 15 is 0 Å². The molecule has 0 aromatic rings. The van der Waals surface area contributed by atoms with E-state index in [1.54, 1.807) is 0 Å². The molecule has 0 radical (unpaired) electrons. The van der Waals surface area contributed by atoms with Crippen LogP contribution in [0.3, 0.4) is 0 Å². The predicted molar refractivity (Wildman–Crippen MR) is 49.1 cm³/mol. The minimum atomic E-state index is -0.645. The molecule has 0 aromatic carbocycles. The van der Waals surface area contributed by atoms with Crippen molar-refractivity contribution in [3.05, 3.63) is 0 Å². The fourth-order valence-corrected chi connectivity index (χ4v) is 3.19. The quantitative estimate of drug-likeness (QED) is 0.688. The molecule has 0 heterocycles. The Hall–Kier alpha value is -0.570. The summed E-state index contributed by atoms with van der Waals surface area (Å²) in [5.41, 5.74) is 5.67. The zero-order chi connectivity index (χ0) is 9.42. The number of nitrogens with two attached hydrogens (primary N) is 1. The molecular formula is C10H17NO2. The molecule has 3 nitrogen and oxygen atoms in total. The maximum atomic E-state index is 10.6. The molecule has 74 valence electrons. The maximum Gasteiger partial charge on any atom is 0.303 e. The van der Waals surface area contributed by atoms with Gasteiger partial charge in [0.25, 0.3) is 0 Å². The Morgan fingerprint density at radius 1 is 1.31 bits per heavy atom. The van der Waals surface area contributed by atoms with Crippen molar-refractivity contribution in [2.45, 2.75) is 25.7 Å². The van der Waals surface area contributed by atoms with E-state index in [2.05, 4.69) is 0 Å². The molecule has 13 heavy (non-hydrogen) atoms. The third kappa shape index (κ3) is 1.46. The molecule has 4 atom stereocenters. The van der Waals surface area contributed by atoms with Crippen molar-refractivity contribution in [1.82, 2.24) is 0 Å². The van der Waals surface area contributed by atoms with Gasteiger partial charge in [0.15, 0.2) is 0 Å². The van der Waals surface area contributed by atoms with E-state index in [1.807, 2.05) is 0 Å². The Morgan fingerprint density at radius 2 is 1.92 bits per heavy atom. The largest absolute Gasteiger partial charge is 0.481 e. The number of carboxylic acid groups (broad SMARTS) is 1. The number of aliphatic carboxylic acids is 1. The fraction of sp³-hybridized carbons (Fsp3) is 0.900. The van der Waals surface area contributed by atoms with E-state index in [9.17, 15) is 4.79 Å². The van der Waals surface area contributed by atoms with E-state index in [-0.39, 0.29) is 0 Å². The average molecular weight is 183 g/mol. The Kier molecular flexibility index (Phi) is 2.28. The molecule has 2 rings (SSSR count). The van der Waals surface area contributed by atoms with Crippen LogP contribution in [0, 0.1) is 23.7 Å². The van der Waals surface area contributed by atoms with Gasteiger partial charge in [-0.25, -0.2) is 0 Å². The van der Waals surface area contributed by atoms with Crippen molar-refractivity contribution in [2.75, 3.05) is 6.54 Å².